The summed E-state index contributed by atoms with van der Waals surface area (Å²) in [5, 5.41) is 3.35. The molecule has 1 N–H and O–H groups in total. The number of rotatable bonds is 2. The molecule has 0 bridgehead atoms. The molecule has 0 amide bonds. The summed E-state index contributed by atoms with van der Waals surface area (Å²) in [5.41, 5.74) is 2.70. The van der Waals surface area contributed by atoms with Crippen LogP contribution in [0, 0.1) is 0 Å². The Balaban J connectivity index is 2.39. The summed E-state index contributed by atoms with van der Waals surface area (Å²) in [4.78, 5) is 0. The maximum Gasteiger partial charge on any atom is 0.124 e. The molecule has 1 aromatic rings. The molecule has 0 saturated carbocycles. The predicted molar refractivity (Wildman–Crippen MR) is 62.4 cm³/mol. The Kier molecular flexibility index (Phi) is 2.96. The van der Waals surface area contributed by atoms with Crippen LogP contribution in [-0.2, 0) is 0 Å². The van der Waals surface area contributed by atoms with E-state index in [9.17, 15) is 0 Å². The third-order valence-electron chi connectivity index (χ3n) is 3.09. The third-order valence-corrected chi connectivity index (χ3v) is 3.09. The lowest BCUT2D eigenvalue weighted by atomic mass is 9.94. The van der Waals surface area contributed by atoms with Crippen molar-refractivity contribution in [3.63, 3.8) is 0 Å². The van der Waals surface area contributed by atoms with Gasteiger partial charge in [-0.25, -0.2) is 0 Å². The number of ether oxygens (including phenoxy) is 1. The molecule has 1 unspecified atom stereocenters. The monoisotopic (exact) mass is 205 g/mol. The zero-order valence-corrected chi connectivity index (χ0v) is 9.71. The summed E-state index contributed by atoms with van der Waals surface area (Å²) in [6, 6.07) is 7.00. The summed E-state index contributed by atoms with van der Waals surface area (Å²) in [5.74, 6) is 1.62. The lowest BCUT2D eigenvalue weighted by molar-refractivity contribution is 0.257. The molecule has 1 aromatic carbocycles. The molecule has 1 aliphatic rings. The van der Waals surface area contributed by atoms with Crippen molar-refractivity contribution in [1.29, 1.82) is 0 Å². The van der Waals surface area contributed by atoms with Crippen molar-refractivity contribution in [3.05, 3.63) is 29.3 Å². The fourth-order valence-corrected chi connectivity index (χ4v) is 2.07. The molecule has 15 heavy (non-hydrogen) atoms. The van der Waals surface area contributed by atoms with E-state index < -0.39 is 0 Å². The average molecular weight is 205 g/mol. The van der Waals surface area contributed by atoms with E-state index in [1.54, 1.807) is 0 Å². The molecule has 1 atom stereocenters. The van der Waals surface area contributed by atoms with Crippen molar-refractivity contribution in [1.82, 2.24) is 5.32 Å². The van der Waals surface area contributed by atoms with Crippen LogP contribution in [0.25, 0.3) is 0 Å². The Labute approximate surface area is 91.6 Å². The number of fused-ring (bicyclic) bond motifs is 1. The summed E-state index contributed by atoms with van der Waals surface area (Å²) >= 11 is 0. The largest absolute Gasteiger partial charge is 0.493 e. The molecule has 0 aromatic heterocycles. The van der Waals surface area contributed by atoms with Crippen molar-refractivity contribution in [2.24, 2.45) is 0 Å². The van der Waals surface area contributed by atoms with E-state index in [-0.39, 0.29) is 0 Å². The van der Waals surface area contributed by atoms with Crippen LogP contribution in [0.1, 0.15) is 43.4 Å². The Hall–Kier alpha value is -1.02. The Bertz CT molecular complexity index is 346. The lowest BCUT2D eigenvalue weighted by Crippen LogP contribution is -2.24. The Morgan fingerprint density at radius 1 is 1.40 bits per heavy atom. The minimum Gasteiger partial charge on any atom is -0.493 e. The quantitative estimate of drug-likeness (QED) is 0.801. The van der Waals surface area contributed by atoms with Crippen LogP contribution in [0.4, 0.5) is 0 Å². The maximum atomic E-state index is 5.65. The number of benzene rings is 1. The van der Waals surface area contributed by atoms with Gasteiger partial charge in [-0.2, -0.15) is 0 Å². The van der Waals surface area contributed by atoms with Crippen LogP contribution in [0.15, 0.2) is 18.2 Å². The normalized spacial score (nSPS) is 19.9. The first-order valence-electron chi connectivity index (χ1n) is 5.66. The zero-order chi connectivity index (χ0) is 10.8. The van der Waals surface area contributed by atoms with Crippen LogP contribution in [-0.4, -0.2) is 13.7 Å². The Morgan fingerprint density at radius 2 is 2.20 bits per heavy atom. The number of hydrogen-bond donors (Lipinski definition) is 1. The van der Waals surface area contributed by atoms with Gasteiger partial charge in [-0.15, -0.1) is 0 Å². The van der Waals surface area contributed by atoms with E-state index in [1.807, 2.05) is 7.05 Å². The van der Waals surface area contributed by atoms with Gasteiger partial charge in [0.2, 0.25) is 0 Å². The van der Waals surface area contributed by atoms with E-state index in [2.05, 4.69) is 37.4 Å². The van der Waals surface area contributed by atoms with Gasteiger partial charge in [0.15, 0.2) is 0 Å². The molecule has 0 aliphatic carbocycles. The molecule has 0 fully saturated rings. The van der Waals surface area contributed by atoms with Crippen LogP contribution >= 0.6 is 0 Å². The molecule has 1 heterocycles. The van der Waals surface area contributed by atoms with Crippen LogP contribution in [0.2, 0.25) is 0 Å². The van der Waals surface area contributed by atoms with E-state index in [0.29, 0.717) is 12.0 Å². The van der Waals surface area contributed by atoms with Crippen molar-refractivity contribution in [3.8, 4) is 5.75 Å². The summed E-state index contributed by atoms with van der Waals surface area (Å²) in [6.45, 7) is 5.26. The molecule has 0 radical (unpaired) electrons. The SMILES string of the molecule is CNC1CCOc2ccc(C(C)C)cc21. The highest BCUT2D eigenvalue weighted by molar-refractivity contribution is 5.41. The molecule has 82 valence electrons. The molecular weight excluding hydrogens is 186 g/mol. The van der Waals surface area contributed by atoms with Gasteiger partial charge in [-0.1, -0.05) is 26.0 Å². The minimum atomic E-state index is 0.451. The van der Waals surface area contributed by atoms with Crippen LogP contribution in [0.5, 0.6) is 5.75 Å². The maximum absolute atomic E-state index is 5.65. The van der Waals surface area contributed by atoms with Gasteiger partial charge < -0.3 is 10.1 Å². The topological polar surface area (TPSA) is 21.3 Å². The standard InChI is InChI=1S/C13H19NO/c1-9(2)10-4-5-13-11(8-10)12(14-3)6-7-15-13/h4-5,8-9,12,14H,6-7H2,1-3H3. The van der Waals surface area contributed by atoms with Gasteiger partial charge in [0.25, 0.3) is 0 Å². The van der Waals surface area contributed by atoms with E-state index >= 15 is 0 Å². The van der Waals surface area contributed by atoms with Crippen molar-refractivity contribution in [2.75, 3.05) is 13.7 Å². The van der Waals surface area contributed by atoms with E-state index in [1.165, 1.54) is 11.1 Å². The van der Waals surface area contributed by atoms with Crippen LogP contribution in [0.3, 0.4) is 0 Å². The van der Waals surface area contributed by atoms with Gasteiger partial charge in [0.05, 0.1) is 6.61 Å². The molecule has 2 heteroatoms. The fraction of sp³-hybridized carbons (Fsp3) is 0.538. The van der Waals surface area contributed by atoms with Gasteiger partial charge >= 0.3 is 0 Å². The number of nitrogens with one attached hydrogen (secondary N) is 1. The van der Waals surface area contributed by atoms with E-state index in [0.717, 1.165) is 18.8 Å². The fourth-order valence-electron chi connectivity index (χ4n) is 2.07. The molecule has 0 saturated heterocycles. The molecule has 2 nitrogen and oxygen atoms in total. The summed E-state index contributed by atoms with van der Waals surface area (Å²) in [6.07, 6.45) is 1.06. The smallest absolute Gasteiger partial charge is 0.124 e. The number of hydrogen-bond acceptors (Lipinski definition) is 2. The van der Waals surface area contributed by atoms with Crippen molar-refractivity contribution >= 4 is 0 Å². The second-order valence-corrected chi connectivity index (χ2v) is 4.43. The van der Waals surface area contributed by atoms with E-state index in [4.69, 9.17) is 4.74 Å². The first-order valence-corrected chi connectivity index (χ1v) is 5.66. The predicted octanol–water partition coefficient (Wildman–Crippen LogP) is 2.85. The zero-order valence-electron chi connectivity index (χ0n) is 9.71. The molecule has 2 rings (SSSR count). The highest BCUT2D eigenvalue weighted by Gasteiger charge is 2.20. The van der Waals surface area contributed by atoms with Gasteiger partial charge in [-0.05, 0) is 24.6 Å². The second kappa shape index (κ2) is 4.23. The summed E-state index contributed by atoms with van der Waals surface area (Å²) in [7, 11) is 2.02. The van der Waals surface area contributed by atoms with Gasteiger partial charge in [0.1, 0.15) is 5.75 Å². The Morgan fingerprint density at radius 3 is 2.87 bits per heavy atom. The van der Waals surface area contributed by atoms with Crippen molar-refractivity contribution < 1.29 is 4.74 Å². The lowest BCUT2D eigenvalue weighted by Gasteiger charge is -2.26. The first-order chi connectivity index (χ1) is 7.22. The highest BCUT2D eigenvalue weighted by atomic mass is 16.5. The highest BCUT2D eigenvalue weighted by Crippen LogP contribution is 2.33. The molecule has 1 aliphatic heterocycles. The molecule has 0 spiro atoms. The minimum absolute atomic E-state index is 0.451. The van der Waals surface area contributed by atoms with Crippen molar-refractivity contribution in [2.45, 2.75) is 32.2 Å². The second-order valence-electron chi connectivity index (χ2n) is 4.43. The average Bonchev–Trinajstić information content (AvgIpc) is 2.27. The first kappa shape index (κ1) is 10.5. The third kappa shape index (κ3) is 2.00. The van der Waals surface area contributed by atoms with Gasteiger partial charge in [-0.3, -0.25) is 0 Å². The van der Waals surface area contributed by atoms with Gasteiger partial charge in [0, 0.05) is 18.0 Å². The molecular formula is C13H19NO. The summed E-state index contributed by atoms with van der Waals surface area (Å²) < 4.78 is 5.65. The van der Waals surface area contributed by atoms with Crippen LogP contribution < -0.4 is 10.1 Å².